The average Bonchev–Trinajstić information content (AvgIpc) is 2.65. The first-order valence-electron chi connectivity index (χ1n) is 9.47. The molecule has 0 aliphatic carbocycles. The molecule has 0 aromatic heterocycles. The van der Waals surface area contributed by atoms with E-state index in [1.807, 2.05) is 18.2 Å². The smallest absolute Gasteiger partial charge is 0.250 e. The lowest BCUT2D eigenvalue weighted by molar-refractivity contribution is 0.388. The summed E-state index contributed by atoms with van der Waals surface area (Å²) < 4.78 is 23.7. The van der Waals surface area contributed by atoms with Crippen molar-refractivity contribution < 1.29 is 18.6 Å². The van der Waals surface area contributed by atoms with E-state index in [0.29, 0.717) is 0 Å². The number of methoxy groups -OCH3 is 3. The molecule has 0 saturated heterocycles. The minimum absolute atomic E-state index is 0.0675. The summed E-state index contributed by atoms with van der Waals surface area (Å²) >= 11 is 0. The predicted octanol–water partition coefficient (Wildman–Crippen LogP) is 6.40. The molecule has 0 saturated carbocycles. The van der Waals surface area contributed by atoms with Crippen molar-refractivity contribution in [2.45, 2.75) is 38.9 Å². The van der Waals surface area contributed by atoms with Gasteiger partial charge in [-0.05, 0) is 41.0 Å². The Bertz CT molecular complexity index is 1020. The van der Waals surface area contributed by atoms with E-state index in [-0.39, 0.29) is 5.04 Å². The van der Waals surface area contributed by atoms with E-state index in [0.717, 1.165) is 44.5 Å². The lowest BCUT2D eigenvalue weighted by Gasteiger charge is -2.37. The van der Waals surface area contributed by atoms with Gasteiger partial charge in [0.05, 0.1) is 21.3 Å². The molecule has 3 aromatic carbocycles. The molecule has 0 bridgehead atoms. The Labute approximate surface area is 168 Å². The maximum absolute atomic E-state index is 6.79. The molecule has 0 amide bonds. The minimum Gasteiger partial charge on any atom is -0.541 e. The van der Waals surface area contributed by atoms with Crippen LogP contribution >= 0.6 is 0 Å². The summed E-state index contributed by atoms with van der Waals surface area (Å²) in [5, 5.41) is 4.22. The van der Waals surface area contributed by atoms with Crippen LogP contribution in [0.5, 0.6) is 23.0 Å². The van der Waals surface area contributed by atoms with Gasteiger partial charge >= 0.3 is 0 Å². The molecular formula is C23H30O4Si. The van der Waals surface area contributed by atoms with E-state index in [4.69, 9.17) is 18.6 Å². The predicted molar refractivity (Wildman–Crippen MR) is 119 cm³/mol. The summed E-state index contributed by atoms with van der Waals surface area (Å²) in [5.74, 6) is 3.05. The van der Waals surface area contributed by atoms with Crippen LogP contribution in [0.4, 0.5) is 0 Å². The van der Waals surface area contributed by atoms with E-state index in [2.05, 4.69) is 52.1 Å². The van der Waals surface area contributed by atoms with Gasteiger partial charge in [0.1, 0.15) is 11.5 Å². The zero-order chi connectivity index (χ0) is 20.7. The molecule has 3 rings (SSSR count). The molecule has 3 aromatic rings. The van der Waals surface area contributed by atoms with Crippen molar-refractivity contribution in [3.63, 3.8) is 0 Å². The largest absolute Gasteiger partial charge is 0.541 e. The van der Waals surface area contributed by atoms with Gasteiger partial charge in [0, 0.05) is 16.8 Å². The van der Waals surface area contributed by atoms with Crippen LogP contribution in [0.2, 0.25) is 18.1 Å². The first-order valence-corrected chi connectivity index (χ1v) is 12.4. The summed E-state index contributed by atoms with van der Waals surface area (Å²) in [6.45, 7) is 11.2. The second-order valence-electron chi connectivity index (χ2n) is 8.55. The Morgan fingerprint density at radius 1 is 0.714 bits per heavy atom. The molecule has 0 aliphatic rings. The van der Waals surface area contributed by atoms with Crippen LogP contribution in [0, 0.1) is 0 Å². The van der Waals surface area contributed by atoms with Crippen molar-refractivity contribution in [3.8, 4) is 23.0 Å². The van der Waals surface area contributed by atoms with Crippen molar-refractivity contribution in [1.82, 2.24) is 0 Å². The molecule has 0 heterocycles. The highest BCUT2D eigenvalue weighted by Crippen LogP contribution is 2.47. The highest BCUT2D eigenvalue weighted by molar-refractivity contribution is 6.74. The van der Waals surface area contributed by atoms with Gasteiger partial charge in [-0.15, -0.1) is 0 Å². The fourth-order valence-electron chi connectivity index (χ4n) is 3.11. The van der Waals surface area contributed by atoms with Crippen LogP contribution in [0.1, 0.15) is 20.8 Å². The van der Waals surface area contributed by atoms with Gasteiger partial charge in [-0.2, -0.15) is 0 Å². The molecule has 0 fully saturated rings. The lowest BCUT2D eigenvalue weighted by Crippen LogP contribution is -2.44. The number of hydrogen-bond donors (Lipinski definition) is 0. The van der Waals surface area contributed by atoms with Crippen LogP contribution in [0.25, 0.3) is 21.5 Å². The van der Waals surface area contributed by atoms with E-state index in [9.17, 15) is 0 Å². The molecule has 150 valence electrons. The van der Waals surface area contributed by atoms with E-state index >= 15 is 0 Å². The Balaban J connectivity index is 2.42. The van der Waals surface area contributed by atoms with Gasteiger partial charge in [-0.25, -0.2) is 0 Å². The van der Waals surface area contributed by atoms with Gasteiger partial charge in [0.2, 0.25) is 0 Å². The molecule has 28 heavy (non-hydrogen) atoms. The number of fused-ring (bicyclic) bond motifs is 3. The molecule has 0 unspecified atom stereocenters. The lowest BCUT2D eigenvalue weighted by atomic mass is 9.99. The summed E-state index contributed by atoms with van der Waals surface area (Å²) in [7, 11) is 2.94. The SMILES string of the molecule is COc1cc(OC)c2c(ccc3ccc(OC)c(O[Si](C)(C)C(C)(C)C)c32)c1. The van der Waals surface area contributed by atoms with E-state index in [1.165, 1.54) is 0 Å². The van der Waals surface area contributed by atoms with Gasteiger partial charge in [0.25, 0.3) is 8.32 Å². The normalized spacial score (nSPS) is 12.3. The molecule has 0 aliphatic heterocycles. The molecule has 0 spiro atoms. The Kier molecular flexibility index (Phi) is 5.23. The second kappa shape index (κ2) is 7.21. The third-order valence-electron chi connectivity index (χ3n) is 5.79. The molecule has 0 radical (unpaired) electrons. The van der Waals surface area contributed by atoms with Gasteiger partial charge < -0.3 is 18.6 Å². The maximum atomic E-state index is 6.79. The van der Waals surface area contributed by atoms with Crippen LogP contribution in [-0.4, -0.2) is 29.6 Å². The number of rotatable bonds is 5. The first-order chi connectivity index (χ1) is 13.1. The van der Waals surface area contributed by atoms with E-state index < -0.39 is 8.32 Å². The number of hydrogen-bond acceptors (Lipinski definition) is 4. The third-order valence-corrected chi connectivity index (χ3v) is 10.1. The van der Waals surface area contributed by atoms with Crippen molar-refractivity contribution in [2.75, 3.05) is 21.3 Å². The second-order valence-corrected chi connectivity index (χ2v) is 13.3. The van der Waals surface area contributed by atoms with Crippen molar-refractivity contribution in [2.24, 2.45) is 0 Å². The summed E-state index contributed by atoms with van der Waals surface area (Å²) in [6, 6.07) is 12.2. The molecule has 0 N–H and O–H groups in total. The standard InChI is InChI=1S/C23H30O4Si/c1-23(2,3)28(7,8)27-22-18(25-5)12-11-15-9-10-16-13-17(24-4)14-19(26-6)20(16)21(15)22/h9-14H,1-8H3. The number of benzene rings is 3. The molecular weight excluding hydrogens is 368 g/mol. The van der Waals surface area contributed by atoms with E-state index in [1.54, 1.807) is 21.3 Å². The van der Waals surface area contributed by atoms with Crippen LogP contribution in [0.15, 0.2) is 36.4 Å². The fourth-order valence-corrected chi connectivity index (χ4v) is 4.13. The fraction of sp³-hybridized carbons (Fsp3) is 0.391. The number of ether oxygens (including phenoxy) is 3. The van der Waals surface area contributed by atoms with Crippen molar-refractivity contribution in [1.29, 1.82) is 0 Å². The van der Waals surface area contributed by atoms with Gasteiger partial charge in [0.15, 0.2) is 11.5 Å². The monoisotopic (exact) mass is 398 g/mol. The van der Waals surface area contributed by atoms with Crippen LogP contribution in [0.3, 0.4) is 0 Å². The Morgan fingerprint density at radius 2 is 1.32 bits per heavy atom. The van der Waals surface area contributed by atoms with Crippen LogP contribution < -0.4 is 18.6 Å². The topological polar surface area (TPSA) is 36.9 Å². The van der Waals surface area contributed by atoms with Crippen molar-refractivity contribution in [3.05, 3.63) is 36.4 Å². The average molecular weight is 399 g/mol. The zero-order valence-corrected chi connectivity index (χ0v) is 19.1. The highest BCUT2D eigenvalue weighted by atomic mass is 28.4. The van der Waals surface area contributed by atoms with Crippen LogP contribution in [-0.2, 0) is 0 Å². The maximum Gasteiger partial charge on any atom is 0.250 e. The Morgan fingerprint density at radius 3 is 1.89 bits per heavy atom. The van der Waals surface area contributed by atoms with Crippen molar-refractivity contribution >= 4 is 29.9 Å². The zero-order valence-electron chi connectivity index (χ0n) is 18.1. The molecule has 4 nitrogen and oxygen atoms in total. The van der Waals surface area contributed by atoms with Gasteiger partial charge in [-0.1, -0.05) is 39.0 Å². The summed E-state index contributed by atoms with van der Waals surface area (Å²) in [5.41, 5.74) is 0. The molecule has 0 atom stereocenters. The summed E-state index contributed by atoms with van der Waals surface area (Å²) in [6.07, 6.45) is 0. The van der Waals surface area contributed by atoms with Gasteiger partial charge in [-0.3, -0.25) is 0 Å². The quantitative estimate of drug-likeness (QED) is 0.368. The third kappa shape index (κ3) is 3.39. The minimum atomic E-state index is -2.09. The first kappa shape index (κ1) is 20.3. The summed E-state index contributed by atoms with van der Waals surface area (Å²) in [4.78, 5) is 0. The highest BCUT2D eigenvalue weighted by Gasteiger charge is 2.40. The molecule has 5 heteroatoms. The Hall–Kier alpha value is -2.40.